The molecular weight excluding hydrogens is 320 g/mol. The van der Waals surface area contributed by atoms with E-state index < -0.39 is 4.92 Å². The van der Waals surface area contributed by atoms with Gasteiger partial charge in [-0.15, -0.1) is 0 Å². The standard InChI is InChI=1S/C16H15ClN2O4/c1-2-23-15-10-13(19(21)22)7-8-14(15)18-16(20)9-11-3-5-12(17)6-4-11/h3-8,10H,2,9H2,1H3,(H,18,20). The minimum Gasteiger partial charge on any atom is -0.491 e. The molecular formula is C16H15ClN2O4. The van der Waals surface area contributed by atoms with Gasteiger partial charge in [-0.1, -0.05) is 23.7 Å². The third-order valence-corrected chi connectivity index (χ3v) is 3.28. The lowest BCUT2D eigenvalue weighted by molar-refractivity contribution is -0.384. The van der Waals surface area contributed by atoms with Crippen LogP contribution in [0.5, 0.6) is 5.75 Å². The van der Waals surface area contributed by atoms with Gasteiger partial charge in [-0.25, -0.2) is 0 Å². The first-order valence-electron chi connectivity index (χ1n) is 6.95. The van der Waals surface area contributed by atoms with Gasteiger partial charge in [-0.2, -0.15) is 0 Å². The van der Waals surface area contributed by atoms with Gasteiger partial charge < -0.3 is 10.1 Å². The Kier molecular flexibility index (Phi) is 5.54. The predicted octanol–water partition coefficient (Wildman–Crippen LogP) is 3.83. The van der Waals surface area contributed by atoms with E-state index in [0.717, 1.165) is 5.56 Å². The molecule has 0 fully saturated rings. The molecule has 2 aromatic carbocycles. The topological polar surface area (TPSA) is 81.5 Å². The number of hydrogen-bond donors (Lipinski definition) is 1. The average molecular weight is 335 g/mol. The molecule has 0 saturated carbocycles. The number of rotatable bonds is 6. The van der Waals surface area contributed by atoms with E-state index in [1.165, 1.54) is 18.2 Å². The maximum absolute atomic E-state index is 12.1. The molecule has 0 bridgehead atoms. The van der Waals surface area contributed by atoms with Crippen LogP contribution < -0.4 is 10.1 Å². The van der Waals surface area contributed by atoms with Gasteiger partial charge in [-0.3, -0.25) is 14.9 Å². The molecule has 0 spiro atoms. The summed E-state index contributed by atoms with van der Waals surface area (Å²) in [6.07, 6.45) is 0.166. The Bertz CT molecular complexity index is 717. The van der Waals surface area contributed by atoms with Crippen molar-refractivity contribution in [3.05, 3.63) is 63.2 Å². The van der Waals surface area contributed by atoms with Gasteiger partial charge in [0.1, 0.15) is 5.75 Å². The summed E-state index contributed by atoms with van der Waals surface area (Å²) >= 11 is 5.80. The van der Waals surface area contributed by atoms with Gasteiger partial charge in [0.05, 0.1) is 29.7 Å². The largest absolute Gasteiger partial charge is 0.491 e. The van der Waals surface area contributed by atoms with E-state index in [9.17, 15) is 14.9 Å². The third kappa shape index (κ3) is 4.69. The first kappa shape index (κ1) is 16.8. The molecule has 0 unspecified atom stereocenters. The smallest absolute Gasteiger partial charge is 0.273 e. The number of nitro groups is 1. The van der Waals surface area contributed by atoms with E-state index in [1.807, 2.05) is 0 Å². The summed E-state index contributed by atoms with van der Waals surface area (Å²) in [5.74, 6) is 0.0216. The second-order valence-electron chi connectivity index (χ2n) is 4.72. The molecule has 0 heterocycles. The van der Waals surface area contributed by atoms with Gasteiger partial charge >= 0.3 is 0 Å². The van der Waals surface area contributed by atoms with Crippen molar-refractivity contribution in [2.45, 2.75) is 13.3 Å². The second-order valence-corrected chi connectivity index (χ2v) is 5.16. The molecule has 2 rings (SSSR count). The Morgan fingerprint density at radius 2 is 1.96 bits per heavy atom. The summed E-state index contributed by atoms with van der Waals surface area (Å²) in [6, 6.07) is 11.0. The zero-order valence-electron chi connectivity index (χ0n) is 12.4. The number of carbonyl (C=O) groups excluding carboxylic acids is 1. The van der Waals surface area contributed by atoms with Crippen molar-refractivity contribution >= 4 is 28.9 Å². The first-order chi connectivity index (χ1) is 11.0. The number of amides is 1. The Labute approximate surface area is 138 Å². The fourth-order valence-corrected chi connectivity index (χ4v) is 2.11. The molecule has 7 heteroatoms. The molecule has 1 amide bonds. The van der Waals surface area contributed by atoms with E-state index >= 15 is 0 Å². The van der Waals surface area contributed by atoms with Crippen LogP contribution in [0, 0.1) is 10.1 Å². The Balaban J connectivity index is 2.13. The van der Waals surface area contributed by atoms with E-state index in [4.69, 9.17) is 16.3 Å². The number of benzene rings is 2. The Morgan fingerprint density at radius 3 is 2.57 bits per heavy atom. The van der Waals surface area contributed by atoms with Crippen LogP contribution in [0.3, 0.4) is 0 Å². The third-order valence-electron chi connectivity index (χ3n) is 3.03. The summed E-state index contributed by atoms with van der Waals surface area (Å²) in [6.45, 7) is 2.10. The first-order valence-corrected chi connectivity index (χ1v) is 7.33. The zero-order chi connectivity index (χ0) is 16.8. The SMILES string of the molecule is CCOc1cc([N+](=O)[O-])ccc1NC(=O)Cc1ccc(Cl)cc1. The number of non-ortho nitro benzene ring substituents is 1. The number of anilines is 1. The number of carbonyl (C=O) groups is 1. The maximum Gasteiger partial charge on any atom is 0.273 e. The lowest BCUT2D eigenvalue weighted by Crippen LogP contribution is -2.15. The highest BCUT2D eigenvalue weighted by Gasteiger charge is 2.14. The molecule has 2 aromatic rings. The normalized spacial score (nSPS) is 10.2. The lowest BCUT2D eigenvalue weighted by Gasteiger charge is -2.11. The van der Waals surface area contributed by atoms with Crippen LogP contribution in [0.25, 0.3) is 0 Å². The average Bonchev–Trinajstić information content (AvgIpc) is 2.51. The van der Waals surface area contributed by atoms with E-state index in [0.29, 0.717) is 17.3 Å². The van der Waals surface area contributed by atoms with E-state index in [1.54, 1.807) is 31.2 Å². The van der Waals surface area contributed by atoms with Gasteiger partial charge in [-0.05, 0) is 30.7 Å². The molecule has 6 nitrogen and oxygen atoms in total. The van der Waals surface area contributed by atoms with Crippen LogP contribution >= 0.6 is 11.6 Å². The Morgan fingerprint density at radius 1 is 1.26 bits per heavy atom. The molecule has 1 N–H and O–H groups in total. The fraction of sp³-hybridized carbons (Fsp3) is 0.188. The summed E-state index contributed by atoms with van der Waals surface area (Å²) < 4.78 is 5.36. The van der Waals surface area contributed by atoms with Crippen molar-refractivity contribution in [1.29, 1.82) is 0 Å². The monoisotopic (exact) mass is 334 g/mol. The summed E-state index contributed by atoms with van der Waals surface area (Å²) in [5.41, 5.74) is 1.12. The summed E-state index contributed by atoms with van der Waals surface area (Å²) in [4.78, 5) is 22.4. The highest BCUT2D eigenvalue weighted by Crippen LogP contribution is 2.29. The highest BCUT2D eigenvalue weighted by atomic mass is 35.5. The number of nitrogens with one attached hydrogen (secondary N) is 1. The number of nitro benzene ring substituents is 1. The minimum absolute atomic E-state index is 0.0934. The van der Waals surface area contributed by atoms with Gasteiger partial charge in [0, 0.05) is 11.1 Å². The molecule has 0 radical (unpaired) electrons. The predicted molar refractivity (Wildman–Crippen MR) is 88.1 cm³/mol. The molecule has 0 aromatic heterocycles. The van der Waals surface area contributed by atoms with Gasteiger partial charge in [0.2, 0.25) is 5.91 Å². The van der Waals surface area contributed by atoms with Gasteiger partial charge in [0.15, 0.2) is 0 Å². The highest BCUT2D eigenvalue weighted by molar-refractivity contribution is 6.30. The van der Waals surface area contributed by atoms with E-state index in [-0.39, 0.29) is 23.8 Å². The molecule has 0 atom stereocenters. The second kappa shape index (κ2) is 7.60. The molecule has 0 saturated heterocycles. The van der Waals surface area contributed by atoms with Crippen molar-refractivity contribution < 1.29 is 14.5 Å². The number of ether oxygens (including phenoxy) is 1. The van der Waals surface area contributed by atoms with Crippen molar-refractivity contribution in [3.8, 4) is 5.75 Å². The molecule has 120 valence electrons. The van der Waals surface area contributed by atoms with Crippen molar-refractivity contribution in [3.63, 3.8) is 0 Å². The molecule has 0 aliphatic heterocycles. The lowest BCUT2D eigenvalue weighted by atomic mass is 10.1. The van der Waals surface area contributed by atoms with Crippen LogP contribution in [0.1, 0.15) is 12.5 Å². The fourth-order valence-electron chi connectivity index (χ4n) is 1.98. The van der Waals surface area contributed by atoms with Crippen molar-refractivity contribution in [1.82, 2.24) is 0 Å². The molecule has 0 aliphatic carbocycles. The quantitative estimate of drug-likeness (QED) is 0.643. The van der Waals surface area contributed by atoms with Crippen LogP contribution in [0.2, 0.25) is 5.02 Å². The zero-order valence-corrected chi connectivity index (χ0v) is 13.2. The minimum atomic E-state index is -0.512. The summed E-state index contributed by atoms with van der Waals surface area (Å²) in [5, 5.41) is 14.1. The van der Waals surface area contributed by atoms with Gasteiger partial charge in [0.25, 0.3) is 5.69 Å². The van der Waals surface area contributed by atoms with Crippen molar-refractivity contribution in [2.24, 2.45) is 0 Å². The van der Waals surface area contributed by atoms with Crippen LogP contribution in [0.4, 0.5) is 11.4 Å². The van der Waals surface area contributed by atoms with Crippen LogP contribution in [-0.2, 0) is 11.2 Å². The van der Waals surface area contributed by atoms with Crippen molar-refractivity contribution in [2.75, 3.05) is 11.9 Å². The van der Waals surface area contributed by atoms with E-state index in [2.05, 4.69) is 5.32 Å². The van der Waals surface area contributed by atoms with Crippen LogP contribution in [-0.4, -0.2) is 17.4 Å². The Hall–Kier alpha value is -2.60. The molecule has 23 heavy (non-hydrogen) atoms. The summed E-state index contributed by atoms with van der Waals surface area (Å²) in [7, 11) is 0. The number of halogens is 1. The number of nitrogens with zero attached hydrogens (tertiary/aromatic N) is 1. The maximum atomic E-state index is 12.1. The number of hydrogen-bond acceptors (Lipinski definition) is 4. The van der Waals surface area contributed by atoms with Crippen LogP contribution in [0.15, 0.2) is 42.5 Å². The molecule has 0 aliphatic rings.